The Labute approximate surface area is 250 Å². The van der Waals surface area contributed by atoms with Gasteiger partial charge in [-0.2, -0.15) is 0 Å². The van der Waals surface area contributed by atoms with E-state index in [4.69, 9.17) is 19.2 Å². The van der Waals surface area contributed by atoms with Gasteiger partial charge in [0.2, 0.25) is 11.9 Å². The van der Waals surface area contributed by atoms with Crippen molar-refractivity contribution in [2.45, 2.75) is 51.7 Å². The van der Waals surface area contributed by atoms with Crippen LogP contribution in [0, 0.1) is 0 Å². The summed E-state index contributed by atoms with van der Waals surface area (Å²) in [6.07, 6.45) is 2.62. The first-order chi connectivity index (χ1) is 20.5. The number of fused-ring (bicyclic) bond motifs is 3. The Kier molecular flexibility index (Phi) is 8.38. The average molecular weight is 589 g/mol. The van der Waals surface area contributed by atoms with Crippen LogP contribution in [0.15, 0.2) is 42.6 Å². The summed E-state index contributed by atoms with van der Waals surface area (Å²) in [4.78, 5) is 49.1. The standard InChI is InChI=1S/C31H36N6O6/c1-31(2,3)43-30(40)37-12-10-20(11-13-37)33-28(39)18-6-8-22-23(14-18)35-26(38)15-19-17-32-29(36-27(19)22)34-21-7-9-24(41-4)25(16-21)42-5/h6-9,14,16-17,20H,10-13,15H2,1-5H3,(H,33,39)(H,35,38)(H,32,34,36). The summed E-state index contributed by atoms with van der Waals surface area (Å²) in [5.41, 5.74) is 2.99. The Morgan fingerprint density at radius 1 is 1.02 bits per heavy atom. The second kappa shape index (κ2) is 12.2. The number of ether oxygens (including phenoxy) is 3. The summed E-state index contributed by atoms with van der Waals surface area (Å²) in [6, 6.07) is 10.5. The highest BCUT2D eigenvalue weighted by molar-refractivity contribution is 6.03. The number of carbonyl (C=O) groups is 3. The largest absolute Gasteiger partial charge is 0.493 e. The van der Waals surface area contributed by atoms with E-state index in [0.29, 0.717) is 77.1 Å². The van der Waals surface area contributed by atoms with Crippen molar-refractivity contribution < 1.29 is 28.6 Å². The van der Waals surface area contributed by atoms with E-state index < -0.39 is 5.60 Å². The minimum atomic E-state index is -0.557. The fourth-order valence-electron chi connectivity index (χ4n) is 5.04. The molecule has 5 rings (SSSR count). The van der Waals surface area contributed by atoms with E-state index >= 15 is 0 Å². The van der Waals surface area contributed by atoms with E-state index in [1.54, 1.807) is 55.6 Å². The van der Waals surface area contributed by atoms with E-state index in [1.165, 1.54) is 0 Å². The lowest BCUT2D eigenvalue weighted by atomic mass is 10.0. The van der Waals surface area contributed by atoms with Crippen molar-refractivity contribution in [2.75, 3.05) is 37.9 Å². The van der Waals surface area contributed by atoms with Gasteiger partial charge in [-0.3, -0.25) is 9.59 Å². The van der Waals surface area contributed by atoms with Crippen LogP contribution in [0.3, 0.4) is 0 Å². The Bertz CT molecular complexity index is 1540. The van der Waals surface area contributed by atoms with E-state index in [0.717, 1.165) is 0 Å². The summed E-state index contributed by atoms with van der Waals surface area (Å²) >= 11 is 0. The van der Waals surface area contributed by atoms with Crippen LogP contribution in [0.25, 0.3) is 11.3 Å². The van der Waals surface area contributed by atoms with Crippen LogP contribution in [0.5, 0.6) is 11.5 Å². The average Bonchev–Trinajstić information content (AvgIpc) is 3.11. The molecular formula is C31H36N6O6. The molecule has 0 spiro atoms. The molecule has 3 N–H and O–H groups in total. The van der Waals surface area contributed by atoms with Crippen molar-refractivity contribution in [3.05, 3.63) is 53.7 Å². The SMILES string of the molecule is COc1ccc(Nc2ncc3c(n2)-c2ccc(C(=O)NC4CCN(C(=O)OC(C)(C)C)CC4)cc2NC(=O)C3)cc1OC. The molecule has 3 heterocycles. The zero-order chi connectivity index (χ0) is 30.7. The third kappa shape index (κ3) is 6.96. The van der Waals surface area contributed by atoms with Crippen LogP contribution in [0.4, 0.5) is 22.1 Å². The van der Waals surface area contributed by atoms with Crippen LogP contribution in [-0.4, -0.2) is 71.7 Å². The summed E-state index contributed by atoms with van der Waals surface area (Å²) in [5.74, 6) is 1.01. The Morgan fingerprint density at radius 3 is 2.47 bits per heavy atom. The summed E-state index contributed by atoms with van der Waals surface area (Å²) in [7, 11) is 3.13. The van der Waals surface area contributed by atoms with Gasteiger partial charge in [-0.15, -0.1) is 0 Å². The van der Waals surface area contributed by atoms with Gasteiger partial charge in [-0.1, -0.05) is 0 Å². The lowest BCUT2D eigenvalue weighted by Crippen LogP contribution is -2.47. The molecule has 2 aromatic carbocycles. The quantitative estimate of drug-likeness (QED) is 0.378. The minimum Gasteiger partial charge on any atom is -0.493 e. The highest BCUT2D eigenvalue weighted by Gasteiger charge is 2.28. The lowest BCUT2D eigenvalue weighted by molar-refractivity contribution is -0.115. The summed E-state index contributed by atoms with van der Waals surface area (Å²) in [6.45, 7) is 6.50. The number of amides is 3. The molecule has 0 radical (unpaired) electrons. The number of likely N-dealkylation sites (tertiary alicyclic amines) is 1. The molecule has 43 heavy (non-hydrogen) atoms. The maximum absolute atomic E-state index is 13.2. The number of aromatic nitrogens is 2. The molecule has 12 nitrogen and oxygen atoms in total. The fraction of sp³-hybridized carbons (Fsp3) is 0.387. The van der Waals surface area contributed by atoms with Crippen molar-refractivity contribution in [2.24, 2.45) is 0 Å². The fourth-order valence-corrected chi connectivity index (χ4v) is 5.04. The summed E-state index contributed by atoms with van der Waals surface area (Å²) in [5, 5.41) is 9.15. The van der Waals surface area contributed by atoms with E-state index in [9.17, 15) is 14.4 Å². The van der Waals surface area contributed by atoms with E-state index in [1.807, 2.05) is 26.8 Å². The highest BCUT2D eigenvalue weighted by Crippen LogP contribution is 2.35. The first-order valence-corrected chi connectivity index (χ1v) is 14.1. The van der Waals surface area contributed by atoms with Gasteiger partial charge >= 0.3 is 6.09 Å². The number of hydrogen-bond donors (Lipinski definition) is 3. The molecule has 0 saturated carbocycles. The zero-order valence-corrected chi connectivity index (χ0v) is 24.9. The first kappa shape index (κ1) is 29.6. The van der Waals surface area contributed by atoms with Gasteiger partial charge < -0.3 is 35.1 Å². The van der Waals surface area contributed by atoms with Crippen molar-refractivity contribution in [3.63, 3.8) is 0 Å². The number of nitrogens with zero attached hydrogens (tertiary/aromatic N) is 3. The number of hydrogen-bond acceptors (Lipinski definition) is 9. The molecule has 2 aliphatic rings. The number of anilines is 3. The van der Waals surface area contributed by atoms with E-state index in [-0.39, 0.29) is 30.4 Å². The van der Waals surface area contributed by atoms with Crippen molar-refractivity contribution >= 4 is 35.2 Å². The van der Waals surface area contributed by atoms with Crippen molar-refractivity contribution in [1.29, 1.82) is 0 Å². The van der Waals surface area contributed by atoms with Gasteiger partial charge in [0.25, 0.3) is 5.91 Å². The first-order valence-electron chi connectivity index (χ1n) is 14.1. The predicted molar refractivity (Wildman–Crippen MR) is 161 cm³/mol. The third-order valence-corrected chi connectivity index (χ3v) is 7.15. The van der Waals surface area contributed by atoms with Crippen LogP contribution in [0.1, 0.15) is 49.5 Å². The number of methoxy groups -OCH3 is 2. The van der Waals surface area contributed by atoms with Crippen LogP contribution < -0.4 is 25.4 Å². The van der Waals surface area contributed by atoms with Crippen LogP contribution in [-0.2, 0) is 16.0 Å². The van der Waals surface area contributed by atoms with Gasteiger partial charge in [0.1, 0.15) is 5.60 Å². The number of benzene rings is 2. The molecular weight excluding hydrogens is 552 g/mol. The number of rotatable bonds is 6. The molecule has 1 fully saturated rings. The third-order valence-electron chi connectivity index (χ3n) is 7.15. The molecule has 1 saturated heterocycles. The summed E-state index contributed by atoms with van der Waals surface area (Å²) < 4.78 is 16.1. The number of piperidine rings is 1. The van der Waals surface area contributed by atoms with E-state index in [2.05, 4.69) is 20.9 Å². The van der Waals surface area contributed by atoms with Gasteiger partial charge in [-0.25, -0.2) is 14.8 Å². The molecule has 0 aliphatic carbocycles. The van der Waals surface area contributed by atoms with Crippen LogP contribution >= 0.6 is 0 Å². The smallest absolute Gasteiger partial charge is 0.410 e. The van der Waals surface area contributed by atoms with Gasteiger partial charge in [0.15, 0.2) is 11.5 Å². The number of carbonyl (C=O) groups excluding carboxylic acids is 3. The maximum atomic E-state index is 13.2. The van der Waals surface area contributed by atoms with Gasteiger partial charge in [-0.05, 0) is 63.9 Å². The molecule has 0 atom stereocenters. The second-order valence-corrected chi connectivity index (χ2v) is 11.5. The second-order valence-electron chi connectivity index (χ2n) is 11.5. The van der Waals surface area contributed by atoms with Crippen molar-refractivity contribution in [3.8, 4) is 22.8 Å². The molecule has 0 bridgehead atoms. The normalized spacial score (nSPS) is 14.9. The van der Waals surface area contributed by atoms with Gasteiger partial charge in [0, 0.05) is 53.8 Å². The van der Waals surface area contributed by atoms with Gasteiger partial charge in [0.05, 0.1) is 32.0 Å². The zero-order valence-electron chi connectivity index (χ0n) is 24.9. The molecule has 12 heteroatoms. The molecule has 1 aromatic heterocycles. The highest BCUT2D eigenvalue weighted by atomic mass is 16.6. The topological polar surface area (TPSA) is 144 Å². The Balaban J connectivity index is 1.30. The van der Waals surface area contributed by atoms with Crippen LogP contribution in [0.2, 0.25) is 0 Å². The molecule has 3 amide bonds. The Hall–Kier alpha value is -4.87. The number of nitrogens with one attached hydrogen (secondary N) is 3. The molecule has 0 unspecified atom stereocenters. The van der Waals surface area contributed by atoms with Crippen molar-refractivity contribution in [1.82, 2.24) is 20.2 Å². The Morgan fingerprint density at radius 2 is 1.77 bits per heavy atom. The minimum absolute atomic E-state index is 0.0849. The molecule has 226 valence electrons. The maximum Gasteiger partial charge on any atom is 0.410 e. The lowest BCUT2D eigenvalue weighted by Gasteiger charge is -2.33. The monoisotopic (exact) mass is 588 g/mol. The predicted octanol–water partition coefficient (Wildman–Crippen LogP) is 4.53. The molecule has 3 aromatic rings. The molecule has 2 aliphatic heterocycles.